The van der Waals surface area contributed by atoms with Crippen LogP contribution in [-0.2, 0) is 11.3 Å². The molecule has 2 atom stereocenters. The first-order chi connectivity index (χ1) is 7.77. The summed E-state index contributed by atoms with van der Waals surface area (Å²) in [5.41, 5.74) is 1.15. The number of ether oxygens (including phenoxy) is 1. The molecule has 2 unspecified atom stereocenters. The van der Waals surface area contributed by atoms with Crippen molar-refractivity contribution in [3.63, 3.8) is 0 Å². The minimum absolute atomic E-state index is 0.363. The largest absolute Gasteiger partial charge is 0.377 e. The normalized spacial score (nSPS) is 22.2. The van der Waals surface area contributed by atoms with Gasteiger partial charge in [0.15, 0.2) is 0 Å². The Morgan fingerprint density at radius 1 is 1.50 bits per heavy atom. The first-order valence-corrected chi connectivity index (χ1v) is 6.23. The van der Waals surface area contributed by atoms with Crippen LogP contribution in [0.3, 0.4) is 0 Å². The third-order valence-corrected chi connectivity index (χ3v) is 3.46. The number of nitrogens with one attached hydrogen (secondary N) is 1. The second kappa shape index (κ2) is 5.67. The zero-order chi connectivity index (χ0) is 11.4. The molecule has 0 saturated carbocycles. The van der Waals surface area contributed by atoms with Crippen LogP contribution in [0.5, 0.6) is 0 Å². The highest BCUT2D eigenvalue weighted by molar-refractivity contribution is 6.31. The Balaban J connectivity index is 1.84. The Bertz CT molecular complexity index is 336. The molecule has 3 heteroatoms. The van der Waals surface area contributed by atoms with Crippen molar-refractivity contribution in [2.45, 2.75) is 38.5 Å². The maximum Gasteiger partial charge on any atom is 0.0726 e. The van der Waals surface area contributed by atoms with E-state index in [1.54, 1.807) is 0 Å². The zero-order valence-electron chi connectivity index (χ0n) is 9.58. The van der Waals surface area contributed by atoms with Crippen molar-refractivity contribution >= 4 is 11.6 Å². The standard InChI is InChI=1S/C13H18ClNO/c1-10(13-7-4-8-16-13)15-9-11-5-2-3-6-12(11)14/h2-3,5-6,10,13,15H,4,7-9H2,1H3. The summed E-state index contributed by atoms with van der Waals surface area (Å²) in [6, 6.07) is 8.33. The van der Waals surface area contributed by atoms with Gasteiger partial charge in [0.05, 0.1) is 6.10 Å². The smallest absolute Gasteiger partial charge is 0.0726 e. The van der Waals surface area contributed by atoms with Gasteiger partial charge in [-0.2, -0.15) is 0 Å². The predicted molar refractivity (Wildman–Crippen MR) is 66.7 cm³/mol. The Morgan fingerprint density at radius 2 is 2.31 bits per heavy atom. The van der Waals surface area contributed by atoms with Crippen molar-refractivity contribution in [1.82, 2.24) is 5.32 Å². The molecule has 1 aromatic rings. The fourth-order valence-electron chi connectivity index (χ4n) is 2.04. The van der Waals surface area contributed by atoms with Crippen LogP contribution in [0.1, 0.15) is 25.3 Å². The number of hydrogen-bond donors (Lipinski definition) is 1. The molecule has 1 aromatic carbocycles. The summed E-state index contributed by atoms with van der Waals surface area (Å²) in [5, 5.41) is 4.30. The van der Waals surface area contributed by atoms with E-state index in [0.29, 0.717) is 12.1 Å². The van der Waals surface area contributed by atoms with Gasteiger partial charge in [0.1, 0.15) is 0 Å². The maximum atomic E-state index is 6.10. The van der Waals surface area contributed by atoms with Gasteiger partial charge in [-0.05, 0) is 31.4 Å². The van der Waals surface area contributed by atoms with Crippen LogP contribution in [0.4, 0.5) is 0 Å². The van der Waals surface area contributed by atoms with E-state index in [1.807, 2.05) is 18.2 Å². The molecule has 0 amide bonds. The van der Waals surface area contributed by atoms with E-state index in [2.05, 4.69) is 18.3 Å². The average Bonchev–Trinajstić information content (AvgIpc) is 2.81. The van der Waals surface area contributed by atoms with E-state index in [9.17, 15) is 0 Å². The van der Waals surface area contributed by atoms with Crippen LogP contribution in [-0.4, -0.2) is 18.8 Å². The van der Waals surface area contributed by atoms with Crippen LogP contribution in [0.15, 0.2) is 24.3 Å². The van der Waals surface area contributed by atoms with Crippen LogP contribution in [0.2, 0.25) is 5.02 Å². The highest BCUT2D eigenvalue weighted by Gasteiger charge is 2.21. The second-order valence-corrected chi connectivity index (χ2v) is 4.72. The van der Waals surface area contributed by atoms with Gasteiger partial charge >= 0.3 is 0 Å². The van der Waals surface area contributed by atoms with Crippen molar-refractivity contribution in [3.8, 4) is 0 Å². The van der Waals surface area contributed by atoms with Gasteiger partial charge < -0.3 is 10.1 Å². The third kappa shape index (κ3) is 2.97. The minimum atomic E-state index is 0.363. The van der Waals surface area contributed by atoms with Gasteiger partial charge in [0, 0.05) is 24.2 Å². The Morgan fingerprint density at radius 3 is 3.00 bits per heavy atom. The first-order valence-electron chi connectivity index (χ1n) is 5.86. The van der Waals surface area contributed by atoms with Crippen molar-refractivity contribution in [3.05, 3.63) is 34.9 Å². The fraction of sp³-hybridized carbons (Fsp3) is 0.538. The fourth-order valence-corrected chi connectivity index (χ4v) is 2.24. The van der Waals surface area contributed by atoms with Crippen molar-refractivity contribution in [1.29, 1.82) is 0 Å². The molecule has 2 rings (SSSR count). The van der Waals surface area contributed by atoms with E-state index in [-0.39, 0.29) is 0 Å². The summed E-state index contributed by atoms with van der Waals surface area (Å²) >= 11 is 6.10. The summed E-state index contributed by atoms with van der Waals surface area (Å²) in [5.74, 6) is 0. The lowest BCUT2D eigenvalue weighted by molar-refractivity contribution is 0.0832. The topological polar surface area (TPSA) is 21.3 Å². The molecule has 0 aliphatic carbocycles. The maximum absolute atomic E-state index is 6.10. The third-order valence-electron chi connectivity index (χ3n) is 3.09. The summed E-state index contributed by atoms with van der Waals surface area (Å²) in [6.07, 6.45) is 2.71. The van der Waals surface area contributed by atoms with E-state index < -0.39 is 0 Å². The Labute approximate surface area is 102 Å². The second-order valence-electron chi connectivity index (χ2n) is 4.31. The Kier molecular flexibility index (Phi) is 4.22. The van der Waals surface area contributed by atoms with Crippen molar-refractivity contribution < 1.29 is 4.74 Å². The summed E-state index contributed by atoms with van der Waals surface area (Å²) in [7, 11) is 0. The summed E-state index contributed by atoms with van der Waals surface area (Å²) in [4.78, 5) is 0. The van der Waals surface area contributed by atoms with Crippen LogP contribution < -0.4 is 5.32 Å². The lowest BCUT2D eigenvalue weighted by Gasteiger charge is -2.20. The molecule has 1 N–H and O–H groups in total. The Hall–Kier alpha value is -0.570. The van der Waals surface area contributed by atoms with Crippen molar-refractivity contribution in [2.24, 2.45) is 0 Å². The molecular formula is C13H18ClNO. The van der Waals surface area contributed by atoms with Gasteiger partial charge in [0.2, 0.25) is 0 Å². The monoisotopic (exact) mass is 239 g/mol. The van der Waals surface area contributed by atoms with Gasteiger partial charge in [-0.1, -0.05) is 29.8 Å². The van der Waals surface area contributed by atoms with Crippen LogP contribution in [0, 0.1) is 0 Å². The van der Waals surface area contributed by atoms with Gasteiger partial charge in [-0.15, -0.1) is 0 Å². The molecule has 88 valence electrons. The predicted octanol–water partition coefficient (Wildman–Crippen LogP) is 3.00. The zero-order valence-corrected chi connectivity index (χ0v) is 10.3. The van der Waals surface area contributed by atoms with E-state index in [1.165, 1.54) is 6.42 Å². The lowest BCUT2D eigenvalue weighted by Crippen LogP contribution is -2.36. The van der Waals surface area contributed by atoms with E-state index in [4.69, 9.17) is 16.3 Å². The molecule has 16 heavy (non-hydrogen) atoms. The molecule has 1 heterocycles. The van der Waals surface area contributed by atoms with Gasteiger partial charge in [-0.25, -0.2) is 0 Å². The number of hydrogen-bond acceptors (Lipinski definition) is 2. The van der Waals surface area contributed by atoms with E-state index in [0.717, 1.165) is 30.2 Å². The highest BCUT2D eigenvalue weighted by atomic mass is 35.5. The quantitative estimate of drug-likeness (QED) is 0.872. The molecule has 1 aliphatic rings. The average molecular weight is 240 g/mol. The highest BCUT2D eigenvalue weighted by Crippen LogP contribution is 2.18. The molecule has 1 aliphatic heterocycles. The first kappa shape index (κ1) is 11.9. The molecule has 1 saturated heterocycles. The van der Waals surface area contributed by atoms with Gasteiger partial charge in [-0.3, -0.25) is 0 Å². The van der Waals surface area contributed by atoms with Crippen LogP contribution >= 0.6 is 11.6 Å². The van der Waals surface area contributed by atoms with Crippen LogP contribution in [0.25, 0.3) is 0 Å². The summed E-state index contributed by atoms with van der Waals surface area (Å²) in [6.45, 7) is 3.89. The molecule has 0 spiro atoms. The molecule has 1 fully saturated rings. The molecule has 0 radical (unpaired) electrons. The molecule has 0 bridgehead atoms. The molecule has 0 aromatic heterocycles. The van der Waals surface area contributed by atoms with Gasteiger partial charge in [0.25, 0.3) is 0 Å². The van der Waals surface area contributed by atoms with E-state index >= 15 is 0 Å². The van der Waals surface area contributed by atoms with Crippen molar-refractivity contribution in [2.75, 3.05) is 6.61 Å². The summed E-state index contributed by atoms with van der Waals surface area (Å²) < 4.78 is 5.64. The number of rotatable bonds is 4. The minimum Gasteiger partial charge on any atom is -0.377 e. The number of benzene rings is 1. The molecule has 2 nitrogen and oxygen atoms in total. The SMILES string of the molecule is CC(NCc1ccccc1Cl)C1CCCO1. The lowest BCUT2D eigenvalue weighted by atomic mass is 10.1. The number of halogens is 1. The molecular weight excluding hydrogens is 222 g/mol.